The minimum absolute atomic E-state index is 0.0910. The second-order valence-corrected chi connectivity index (χ2v) is 7.26. The molecule has 0 fully saturated rings. The number of aromatic nitrogens is 5. The molecule has 1 atom stereocenters. The van der Waals surface area contributed by atoms with E-state index in [-0.39, 0.29) is 29.0 Å². The summed E-state index contributed by atoms with van der Waals surface area (Å²) in [4.78, 5) is 8.10. The first-order valence-corrected chi connectivity index (χ1v) is 9.50. The molecule has 0 amide bonds. The predicted molar refractivity (Wildman–Crippen MR) is 101 cm³/mol. The van der Waals surface area contributed by atoms with E-state index >= 15 is 0 Å². The lowest BCUT2D eigenvalue weighted by Gasteiger charge is -2.30. The standard InChI is InChI=1S/C18H19Cl2F2N5O/c1-2-3-4-15-25-16(19)17(20)27(15)9-18(28,8-26-11-23-10-24-26)13-6-5-12(21)7-14(13)22/h5-7,10-11,28H,2-4,8-9H2,1H3. The number of hydrogen-bond donors (Lipinski definition) is 1. The van der Waals surface area contributed by atoms with Gasteiger partial charge in [-0.05, 0) is 12.5 Å². The average Bonchev–Trinajstić information content (AvgIpc) is 3.23. The molecule has 6 nitrogen and oxygen atoms in total. The number of rotatable bonds is 8. The van der Waals surface area contributed by atoms with Gasteiger partial charge in [0, 0.05) is 18.1 Å². The minimum atomic E-state index is -1.81. The summed E-state index contributed by atoms with van der Waals surface area (Å²) in [7, 11) is 0. The van der Waals surface area contributed by atoms with Crippen LogP contribution in [0, 0.1) is 11.6 Å². The summed E-state index contributed by atoms with van der Waals surface area (Å²) in [6.07, 6.45) is 5.06. The van der Waals surface area contributed by atoms with E-state index in [1.165, 1.54) is 23.4 Å². The molecular weight excluding hydrogens is 411 g/mol. The molecule has 28 heavy (non-hydrogen) atoms. The zero-order valence-electron chi connectivity index (χ0n) is 15.1. The molecule has 2 heterocycles. The molecule has 1 unspecified atom stereocenters. The van der Waals surface area contributed by atoms with Gasteiger partial charge in [-0.15, -0.1) is 0 Å². The second-order valence-electron chi connectivity index (χ2n) is 6.55. The quantitative estimate of drug-likeness (QED) is 0.587. The fourth-order valence-electron chi connectivity index (χ4n) is 3.06. The Morgan fingerprint density at radius 2 is 2.00 bits per heavy atom. The van der Waals surface area contributed by atoms with Gasteiger partial charge in [-0.1, -0.05) is 42.6 Å². The third-order valence-electron chi connectivity index (χ3n) is 4.44. The molecule has 0 radical (unpaired) electrons. The van der Waals surface area contributed by atoms with E-state index in [2.05, 4.69) is 15.1 Å². The van der Waals surface area contributed by atoms with Crippen molar-refractivity contribution in [2.45, 2.75) is 44.9 Å². The van der Waals surface area contributed by atoms with Gasteiger partial charge in [0.15, 0.2) is 5.15 Å². The molecule has 0 saturated carbocycles. The van der Waals surface area contributed by atoms with Crippen LogP contribution < -0.4 is 0 Å². The largest absolute Gasteiger partial charge is 0.381 e. The highest BCUT2D eigenvalue weighted by Gasteiger charge is 2.36. The molecule has 3 aromatic rings. The Bertz CT molecular complexity index is 948. The highest BCUT2D eigenvalue weighted by molar-refractivity contribution is 6.40. The molecular formula is C18H19Cl2F2N5O. The summed E-state index contributed by atoms with van der Waals surface area (Å²) in [6, 6.07) is 3.02. The lowest BCUT2D eigenvalue weighted by molar-refractivity contribution is -0.00608. The van der Waals surface area contributed by atoms with Crippen molar-refractivity contribution < 1.29 is 13.9 Å². The monoisotopic (exact) mass is 429 g/mol. The molecule has 2 aromatic heterocycles. The van der Waals surface area contributed by atoms with Gasteiger partial charge in [0.2, 0.25) is 0 Å². The van der Waals surface area contributed by atoms with Crippen molar-refractivity contribution in [2.75, 3.05) is 0 Å². The SMILES string of the molecule is CCCCc1nc(Cl)c(Cl)n1CC(O)(Cn1cncn1)c1ccc(F)cc1F. The summed E-state index contributed by atoms with van der Waals surface area (Å²) in [6.45, 7) is 1.76. The van der Waals surface area contributed by atoms with Crippen molar-refractivity contribution in [1.29, 1.82) is 0 Å². The molecule has 0 bridgehead atoms. The summed E-state index contributed by atoms with van der Waals surface area (Å²) in [5.74, 6) is -1.03. The first kappa shape index (κ1) is 20.7. The molecule has 0 spiro atoms. The molecule has 10 heteroatoms. The predicted octanol–water partition coefficient (Wildman–Crippen LogP) is 3.99. The van der Waals surface area contributed by atoms with Crippen LogP contribution in [0.15, 0.2) is 30.9 Å². The summed E-state index contributed by atoms with van der Waals surface area (Å²) >= 11 is 12.4. The molecule has 0 aliphatic rings. The molecule has 150 valence electrons. The second kappa shape index (κ2) is 8.55. The maximum atomic E-state index is 14.6. The van der Waals surface area contributed by atoms with Crippen molar-refractivity contribution in [1.82, 2.24) is 24.3 Å². The van der Waals surface area contributed by atoms with Crippen LogP contribution in [0.2, 0.25) is 10.3 Å². The highest BCUT2D eigenvalue weighted by atomic mass is 35.5. The van der Waals surface area contributed by atoms with Crippen LogP contribution in [0.5, 0.6) is 0 Å². The van der Waals surface area contributed by atoms with Crippen molar-refractivity contribution in [3.05, 3.63) is 64.2 Å². The van der Waals surface area contributed by atoms with E-state index in [0.717, 1.165) is 25.0 Å². The van der Waals surface area contributed by atoms with Gasteiger partial charge < -0.3 is 9.67 Å². The fourth-order valence-corrected chi connectivity index (χ4v) is 3.46. The number of benzene rings is 1. The maximum absolute atomic E-state index is 14.6. The Hall–Kier alpha value is -2.03. The van der Waals surface area contributed by atoms with E-state index < -0.39 is 17.2 Å². The van der Waals surface area contributed by atoms with Gasteiger partial charge in [-0.2, -0.15) is 5.10 Å². The van der Waals surface area contributed by atoms with Crippen LogP contribution in [0.4, 0.5) is 8.78 Å². The summed E-state index contributed by atoms with van der Waals surface area (Å²) < 4.78 is 30.9. The Morgan fingerprint density at radius 3 is 2.64 bits per heavy atom. The van der Waals surface area contributed by atoms with Crippen LogP contribution >= 0.6 is 23.2 Å². The van der Waals surface area contributed by atoms with Gasteiger partial charge in [-0.25, -0.2) is 23.4 Å². The summed E-state index contributed by atoms with van der Waals surface area (Å²) in [5, 5.41) is 15.7. The van der Waals surface area contributed by atoms with Gasteiger partial charge in [-0.3, -0.25) is 0 Å². The molecule has 1 aromatic carbocycles. The van der Waals surface area contributed by atoms with E-state index in [1.54, 1.807) is 4.57 Å². The van der Waals surface area contributed by atoms with E-state index in [4.69, 9.17) is 23.2 Å². The van der Waals surface area contributed by atoms with Crippen LogP contribution in [-0.2, 0) is 25.1 Å². The topological polar surface area (TPSA) is 68.8 Å². The van der Waals surface area contributed by atoms with E-state index in [1.807, 2.05) is 6.92 Å². The molecule has 0 saturated heterocycles. The zero-order valence-corrected chi connectivity index (χ0v) is 16.6. The van der Waals surface area contributed by atoms with Crippen molar-refractivity contribution in [2.24, 2.45) is 0 Å². The number of halogens is 4. The maximum Gasteiger partial charge on any atom is 0.166 e. The average molecular weight is 430 g/mol. The van der Waals surface area contributed by atoms with E-state index in [0.29, 0.717) is 12.2 Å². The lowest BCUT2D eigenvalue weighted by atomic mass is 9.92. The van der Waals surface area contributed by atoms with Crippen molar-refractivity contribution in [3.63, 3.8) is 0 Å². The number of hydrogen-bond acceptors (Lipinski definition) is 4. The number of aryl methyl sites for hydroxylation is 1. The Kier molecular flexibility index (Phi) is 6.32. The molecule has 1 N–H and O–H groups in total. The number of unbranched alkanes of at least 4 members (excludes halogenated alkanes) is 1. The molecule has 0 aliphatic carbocycles. The Balaban J connectivity index is 2.05. The van der Waals surface area contributed by atoms with Gasteiger partial charge in [0.1, 0.15) is 40.9 Å². The molecule has 3 rings (SSSR count). The van der Waals surface area contributed by atoms with Gasteiger partial charge in [0.05, 0.1) is 13.1 Å². The van der Waals surface area contributed by atoms with Crippen LogP contribution in [-0.4, -0.2) is 29.4 Å². The number of imidazole rings is 1. The van der Waals surface area contributed by atoms with Crippen molar-refractivity contribution >= 4 is 23.2 Å². The van der Waals surface area contributed by atoms with Gasteiger partial charge >= 0.3 is 0 Å². The number of aliphatic hydroxyl groups is 1. The fraction of sp³-hybridized carbons (Fsp3) is 0.389. The smallest absolute Gasteiger partial charge is 0.166 e. The first-order valence-electron chi connectivity index (χ1n) is 8.75. The first-order chi connectivity index (χ1) is 13.3. The third-order valence-corrected chi connectivity index (χ3v) is 5.19. The summed E-state index contributed by atoms with van der Waals surface area (Å²) in [5.41, 5.74) is -1.90. The van der Waals surface area contributed by atoms with Crippen LogP contribution in [0.1, 0.15) is 31.2 Å². The Labute approximate surface area is 170 Å². The van der Waals surface area contributed by atoms with Crippen LogP contribution in [0.3, 0.4) is 0 Å². The van der Waals surface area contributed by atoms with E-state index in [9.17, 15) is 13.9 Å². The van der Waals surface area contributed by atoms with Crippen molar-refractivity contribution in [3.8, 4) is 0 Å². The third kappa shape index (κ3) is 4.34. The van der Waals surface area contributed by atoms with Crippen LogP contribution in [0.25, 0.3) is 0 Å². The highest BCUT2D eigenvalue weighted by Crippen LogP contribution is 2.32. The van der Waals surface area contributed by atoms with Gasteiger partial charge in [0.25, 0.3) is 0 Å². The zero-order chi connectivity index (χ0) is 20.3. The molecule has 0 aliphatic heterocycles. The Morgan fingerprint density at radius 1 is 1.21 bits per heavy atom. The minimum Gasteiger partial charge on any atom is -0.381 e. The lowest BCUT2D eigenvalue weighted by Crippen LogP contribution is -2.38. The number of nitrogens with zero attached hydrogens (tertiary/aromatic N) is 5. The normalized spacial score (nSPS) is 13.6.